The SMILES string of the molecule is CC(C)NCCOCCOCCOCCOCCn1nnc(CN2CCS(=O)(=O)CC2)c1C(F)(F)F. The van der Waals surface area contributed by atoms with Crippen LogP contribution in [0.2, 0.25) is 0 Å². The van der Waals surface area contributed by atoms with E-state index >= 15 is 0 Å². The van der Waals surface area contributed by atoms with Crippen molar-refractivity contribution < 1.29 is 40.5 Å². The Balaban J connectivity index is 1.57. The maximum Gasteiger partial charge on any atom is 0.434 e. The summed E-state index contributed by atoms with van der Waals surface area (Å²) in [6.45, 7) is 7.96. The van der Waals surface area contributed by atoms with E-state index in [4.69, 9.17) is 18.9 Å². The number of nitrogens with one attached hydrogen (secondary N) is 1. The second-order valence-electron chi connectivity index (χ2n) is 8.59. The van der Waals surface area contributed by atoms with Gasteiger partial charge in [0.1, 0.15) is 5.69 Å². The van der Waals surface area contributed by atoms with Crippen molar-refractivity contribution in [2.75, 3.05) is 84.0 Å². The van der Waals surface area contributed by atoms with Gasteiger partial charge >= 0.3 is 6.18 Å². The van der Waals surface area contributed by atoms with Crippen molar-refractivity contribution in [2.45, 2.75) is 39.2 Å². The third-order valence-corrected chi connectivity index (χ3v) is 6.86. The molecule has 0 bridgehead atoms. The van der Waals surface area contributed by atoms with E-state index in [9.17, 15) is 21.6 Å². The van der Waals surface area contributed by atoms with Gasteiger partial charge in [-0.05, 0) is 0 Å². The lowest BCUT2D eigenvalue weighted by Crippen LogP contribution is -2.40. The molecule has 0 aliphatic carbocycles. The van der Waals surface area contributed by atoms with Gasteiger partial charge in [0, 0.05) is 32.2 Å². The molecule has 0 saturated carbocycles. The summed E-state index contributed by atoms with van der Waals surface area (Å²) in [5, 5.41) is 10.6. The van der Waals surface area contributed by atoms with Crippen molar-refractivity contribution >= 4 is 9.84 Å². The monoisotopic (exact) mass is 545 g/mol. The molecule has 0 radical (unpaired) electrons. The van der Waals surface area contributed by atoms with E-state index in [1.807, 2.05) is 0 Å². The first-order valence-corrected chi connectivity index (χ1v) is 13.9. The van der Waals surface area contributed by atoms with Crippen molar-refractivity contribution in [3.05, 3.63) is 11.4 Å². The van der Waals surface area contributed by atoms with Gasteiger partial charge in [0.15, 0.2) is 15.5 Å². The van der Waals surface area contributed by atoms with Crippen LogP contribution in [0.5, 0.6) is 0 Å². The number of aromatic nitrogens is 3. The molecule has 1 aliphatic rings. The van der Waals surface area contributed by atoms with Crippen LogP contribution in [0.4, 0.5) is 13.2 Å². The zero-order chi connectivity index (χ0) is 26.4. The molecule has 1 N–H and O–H groups in total. The van der Waals surface area contributed by atoms with Crippen molar-refractivity contribution in [3.63, 3.8) is 0 Å². The van der Waals surface area contributed by atoms with E-state index in [1.54, 1.807) is 4.90 Å². The lowest BCUT2D eigenvalue weighted by molar-refractivity contribution is -0.145. The zero-order valence-electron chi connectivity index (χ0n) is 21.0. The van der Waals surface area contributed by atoms with Crippen LogP contribution in [0.3, 0.4) is 0 Å². The first kappa shape index (κ1) is 30.9. The molecule has 36 heavy (non-hydrogen) atoms. The summed E-state index contributed by atoms with van der Waals surface area (Å²) < 4.78 is 86.3. The normalized spacial score (nSPS) is 16.7. The van der Waals surface area contributed by atoms with Crippen LogP contribution in [0, 0.1) is 0 Å². The van der Waals surface area contributed by atoms with Gasteiger partial charge in [0.25, 0.3) is 0 Å². The molecule has 2 heterocycles. The Kier molecular flexibility index (Phi) is 13.5. The van der Waals surface area contributed by atoms with Crippen LogP contribution in [0.1, 0.15) is 25.2 Å². The van der Waals surface area contributed by atoms with E-state index < -0.39 is 21.7 Å². The number of ether oxygens (including phenoxy) is 4. The quantitative estimate of drug-likeness (QED) is 0.263. The second-order valence-corrected chi connectivity index (χ2v) is 10.9. The number of hydrogen-bond donors (Lipinski definition) is 1. The molecule has 1 saturated heterocycles. The maximum absolute atomic E-state index is 13.6. The third kappa shape index (κ3) is 12.3. The van der Waals surface area contributed by atoms with Crippen molar-refractivity contribution in [1.82, 2.24) is 25.2 Å². The summed E-state index contributed by atoms with van der Waals surface area (Å²) in [4.78, 5) is 1.64. The van der Waals surface area contributed by atoms with Gasteiger partial charge in [-0.1, -0.05) is 19.1 Å². The Bertz CT molecular complexity index is 840. The van der Waals surface area contributed by atoms with Crippen molar-refractivity contribution in [2.24, 2.45) is 0 Å². The van der Waals surface area contributed by atoms with Crippen LogP contribution < -0.4 is 5.32 Å². The summed E-state index contributed by atoms with van der Waals surface area (Å²) >= 11 is 0. The molecule has 0 amide bonds. The predicted molar refractivity (Wildman–Crippen MR) is 125 cm³/mol. The molecule has 210 valence electrons. The Morgan fingerprint density at radius 2 is 1.44 bits per heavy atom. The fourth-order valence-electron chi connectivity index (χ4n) is 3.37. The van der Waals surface area contributed by atoms with E-state index in [-0.39, 0.29) is 63.2 Å². The Hall–Kier alpha value is -1.36. The Labute approximate surface area is 210 Å². The number of halogens is 3. The van der Waals surface area contributed by atoms with Gasteiger partial charge < -0.3 is 24.3 Å². The van der Waals surface area contributed by atoms with E-state index in [0.717, 1.165) is 11.2 Å². The fraction of sp³-hybridized carbons (Fsp3) is 0.905. The van der Waals surface area contributed by atoms with Crippen LogP contribution in [-0.4, -0.2) is 118 Å². The Morgan fingerprint density at radius 3 is 1.97 bits per heavy atom. The maximum atomic E-state index is 13.6. The minimum atomic E-state index is -4.64. The minimum absolute atomic E-state index is 0.0106. The first-order chi connectivity index (χ1) is 17.1. The second kappa shape index (κ2) is 15.8. The van der Waals surface area contributed by atoms with Gasteiger partial charge in [-0.25, -0.2) is 13.1 Å². The molecule has 15 heteroatoms. The molecule has 2 rings (SSSR count). The number of hydrogen-bond acceptors (Lipinski definition) is 10. The molecule has 0 aromatic carbocycles. The van der Waals surface area contributed by atoms with E-state index in [2.05, 4.69) is 29.5 Å². The molecule has 1 aromatic heterocycles. The van der Waals surface area contributed by atoms with Crippen LogP contribution in [0.15, 0.2) is 0 Å². The molecule has 1 aliphatic heterocycles. The number of nitrogens with zero attached hydrogens (tertiary/aromatic N) is 4. The van der Waals surface area contributed by atoms with Gasteiger partial charge in [0.2, 0.25) is 0 Å². The topological polar surface area (TPSA) is 117 Å². The van der Waals surface area contributed by atoms with Gasteiger partial charge in [-0.3, -0.25) is 4.90 Å². The smallest absolute Gasteiger partial charge is 0.378 e. The van der Waals surface area contributed by atoms with Crippen molar-refractivity contribution in [1.29, 1.82) is 0 Å². The predicted octanol–water partition coefficient (Wildman–Crippen LogP) is 0.592. The molecule has 0 atom stereocenters. The molecular formula is C21H38F3N5O6S. The highest BCUT2D eigenvalue weighted by atomic mass is 32.2. The standard InChI is InChI=1S/C21H38F3N5O6S/c1-18(2)25-3-7-32-9-11-34-13-14-35-12-10-33-8-4-29-20(21(22,23)24)19(26-27-29)17-28-5-15-36(30,31)16-6-28/h18,25H,3-17H2,1-2H3. The highest BCUT2D eigenvalue weighted by Crippen LogP contribution is 2.31. The van der Waals surface area contributed by atoms with E-state index in [0.29, 0.717) is 39.1 Å². The van der Waals surface area contributed by atoms with Crippen molar-refractivity contribution in [3.8, 4) is 0 Å². The highest BCUT2D eigenvalue weighted by molar-refractivity contribution is 7.91. The molecule has 0 spiro atoms. The van der Waals surface area contributed by atoms with Crippen LogP contribution in [0.25, 0.3) is 0 Å². The summed E-state index contributed by atoms with van der Waals surface area (Å²) in [5.74, 6) is -0.148. The number of rotatable bonds is 18. The summed E-state index contributed by atoms with van der Waals surface area (Å²) in [5.41, 5.74) is -1.16. The minimum Gasteiger partial charge on any atom is -0.378 e. The lowest BCUT2D eigenvalue weighted by atomic mass is 10.2. The molecule has 0 unspecified atom stereocenters. The number of alkyl halides is 3. The zero-order valence-corrected chi connectivity index (χ0v) is 21.8. The average Bonchev–Trinajstić information content (AvgIpc) is 3.20. The average molecular weight is 546 g/mol. The van der Waals surface area contributed by atoms with Gasteiger partial charge in [-0.2, -0.15) is 13.2 Å². The highest BCUT2D eigenvalue weighted by Gasteiger charge is 2.39. The van der Waals surface area contributed by atoms with Crippen LogP contribution in [-0.2, 0) is 48.1 Å². The molecule has 1 fully saturated rings. The Morgan fingerprint density at radius 1 is 0.917 bits per heavy atom. The molecule has 1 aromatic rings. The van der Waals surface area contributed by atoms with Gasteiger partial charge in [0.05, 0.1) is 70.9 Å². The van der Waals surface area contributed by atoms with Gasteiger partial charge in [-0.15, -0.1) is 5.10 Å². The van der Waals surface area contributed by atoms with Crippen LogP contribution >= 0.6 is 0 Å². The molecule has 11 nitrogen and oxygen atoms in total. The molecular weight excluding hydrogens is 507 g/mol. The largest absolute Gasteiger partial charge is 0.434 e. The van der Waals surface area contributed by atoms with E-state index in [1.165, 1.54) is 0 Å². The first-order valence-electron chi connectivity index (χ1n) is 12.0. The fourth-order valence-corrected chi connectivity index (χ4v) is 4.65. The number of sulfone groups is 1. The summed E-state index contributed by atoms with van der Waals surface area (Å²) in [6.07, 6.45) is -4.64. The summed E-state index contributed by atoms with van der Waals surface area (Å²) in [7, 11) is -3.12. The third-order valence-electron chi connectivity index (χ3n) is 5.25. The lowest BCUT2D eigenvalue weighted by Gasteiger charge is -2.26. The summed E-state index contributed by atoms with van der Waals surface area (Å²) in [6, 6.07) is 0.430.